The first kappa shape index (κ1) is 16.5. The van der Waals surface area contributed by atoms with Gasteiger partial charge in [-0.15, -0.1) is 12.4 Å². The van der Waals surface area contributed by atoms with E-state index in [1.165, 1.54) is 36.2 Å². The second kappa shape index (κ2) is 8.54. The number of rotatable bonds is 7. The van der Waals surface area contributed by atoms with Gasteiger partial charge in [-0.1, -0.05) is 19.8 Å². The monoisotopic (exact) mass is 259 g/mol. The largest absolute Gasteiger partial charge is 0.313 e. The average Bonchev–Trinajstić information content (AvgIpc) is 2.55. The third-order valence-corrected chi connectivity index (χ3v) is 3.09. The predicted octanol–water partition coefficient (Wildman–Crippen LogP) is 3.22. The number of aryl methyl sites for hydroxylation is 2. The lowest BCUT2D eigenvalue weighted by molar-refractivity contribution is 0.610. The number of hydrogen-bond donors (Lipinski definition) is 1. The molecule has 1 aromatic heterocycles. The number of aromatic nitrogens is 2. The minimum atomic E-state index is 0. The highest BCUT2D eigenvalue weighted by molar-refractivity contribution is 5.85. The molecule has 1 aromatic rings. The van der Waals surface area contributed by atoms with Crippen LogP contribution in [0.2, 0.25) is 0 Å². The Bertz CT molecular complexity index is 321. The number of nitrogens with one attached hydrogen (secondary N) is 1. The molecule has 0 atom stereocenters. The Morgan fingerprint density at radius 1 is 1.18 bits per heavy atom. The quantitative estimate of drug-likeness (QED) is 0.762. The Labute approximate surface area is 111 Å². The Hall–Kier alpha value is -0.540. The molecule has 1 N–H and O–H groups in total. The molecule has 0 unspecified atom stereocenters. The summed E-state index contributed by atoms with van der Waals surface area (Å²) in [6.45, 7) is 11.7. The molecular weight excluding hydrogens is 234 g/mol. The maximum Gasteiger partial charge on any atom is 0.0641 e. The van der Waals surface area contributed by atoms with Gasteiger partial charge in [-0.3, -0.25) is 4.68 Å². The molecule has 0 aromatic carbocycles. The molecular formula is C13H26ClN3. The molecule has 0 saturated heterocycles. The topological polar surface area (TPSA) is 29.9 Å². The summed E-state index contributed by atoms with van der Waals surface area (Å²) in [5.41, 5.74) is 3.85. The van der Waals surface area contributed by atoms with Crippen LogP contribution in [0.5, 0.6) is 0 Å². The summed E-state index contributed by atoms with van der Waals surface area (Å²) in [6.07, 6.45) is 3.88. The molecule has 0 bridgehead atoms. The first-order valence-electron chi connectivity index (χ1n) is 6.44. The molecule has 1 heterocycles. The Morgan fingerprint density at radius 2 is 1.88 bits per heavy atom. The Kier molecular flexibility index (Phi) is 8.26. The van der Waals surface area contributed by atoms with Gasteiger partial charge in [0.25, 0.3) is 0 Å². The van der Waals surface area contributed by atoms with Gasteiger partial charge in [0, 0.05) is 24.3 Å². The lowest BCUT2D eigenvalue weighted by Crippen LogP contribution is -2.15. The van der Waals surface area contributed by atoms with Crippen molar-refractivity contribution in [2.75, 3.05) is 6.54 Å². The standard InChI is InChI=1S/C13H25N3.ClH/c1-5-7-8-9-14-10-13-11(3)15-16(6-2)12(13)4;/h14H,5-10H2,1-4H3;1H. The van der Waals surface area contributed by atoms with E-state index >= 15 is 0 Å². The van der Waals surface area contributed by atoms with Gasteiger partial charge in [-0.05, 0) is 33.7 Å². The number of halogens is 1. The van der Waals surface area contributed by atoms with E-state index in [-0.39, 0.29) is 12.4 Å². The highest BCUT2D eigenvalue weighted by Crippen LogP contribution is 2.12. The fourth-order valence-electron chi connectivity index (χ4n) is 2.01. The van der Waals surface area contributed by atoms with Crippen LogP contribution in [0.15, 0.2) is 0 Å². The van der Waals surface area contributed by atoms with Crippen LogP contribution in [-0.4, -0.2) is 16.3 Å². The molecule has 1 rings (SSSR count). The van der Waals surface area contributed by atoms with E-state index in [9.17, 15) is 0 Å². The van der Waals surface area contributed by atoms with Crippen molar-refractivity contribution in [2.24, 2.45) is 0 Å². The van der Waals surface area contributed by atoms with E-state index in [0.29, 0.717) is 0 Å². The molecule has 0 saturated carbocycles. The number of nitrogens with zero attached hydrogens (tertiary/aromatic N) is 2. The molecule has 0 aliphatic carbocycles. The highest BCUT2D eigenvalue weighted by Gasteiger charge is 2.09. The lowest BCUT2D eigenvalue weighted by atomic mass is 10.2. The summed E-state index contributed by atoms with van der Waals surface area (Å²) in [4.78, 5) is 0. The molecule has 100 valence electrons. The first-order chi connectivity index (χ1) is 7.70. The van der Waals surface area contributed by atoms with Crippen molar-refractivity contribution in [2.45, 2.75) is 60.0 Å². The zero-order chi connectivity index (χ0) is 12.0. The van der Waals surface area contributed by atoms with E-state index in [4.69, 9.17) is 0 Å². The minimum absolute atomic E-state index is 0. The van der Waals surface area contributed by atoms with Gasteiger partial charge in [0.2, 0.25) is 0 Å². The second-order valence-electron chi connectivity index (χ2n) is 4.35. The Morgan fingerprint density at radius 3 is 2.41 bits per heavy atom. The summed E-state index contributed by atoms with van der Waals surface area (Å²) in [5, 5.41) is 8.02. The Balaban J connectivity index is 0.00000256. The van der Waals surface area contributed by atoms with Crippen molar-refractivity contribution < 1.29 is 0 Å². The van der Waals surface area contributed by atoms with Gasteiger partial charge >= 0.3 is 0 Å². The number of hydrogen-bond acceptors (Lipinski definition) is 2. The van der Waals surface area contributed by atoms with Crippen molar-refractivity contribution in [1.82, 2.24) is 15.1 Å². The van der Waals surface area contributed by atoms with Crippen molar-refractivity contribution in [3.05, 3.63) is 17.0 Å². The zero-order valence-electron chi connectivity index (χ0n) is 11.5. The van der Waals surface area contributed by atoms with E-state index in [0.717, 1.165) is 19.6 Å². The molecule has 0 aliphatic heterocycles. The van der Waals surface area contributed by atoms with Crippen molar-refractivity contribution >= 4 is 12.4 Å². The van der Waals surface area contributed by atoms with Gasteiger partial charge in [0.05, 0.1) is 5.69 Å². The maximum atomic E-state index is 4.52. The van der Waals surface area contributed by atoms with Gasteiger partial charge < -0.3 is 5.32 Å². The van der Waals surface area contributed by atoms with Crippen LogP contribution >= 0.6 is 12.4 Å². The molecule has 0 aliphatic rings. The van der Waals surface area contributed by atoms with Gasteiger partial charge in [-0.25, -0.2) is 0 Å². The summed E-state index contributed by atoms with van der Waals surface area (Å²) in [5.74, 6) is 0. The van der Waals surface area contributed by atoms with Crippen LogP contribution in [0.3, 0.4) is 0 Å². The summed E-state index contributed by atoms with van der Waals surface area (Å²) in [6, 6.07) is 0. The molecule has 0 spiro atoms. The average molecular weight is 260 g/mol. The van der Waals surface area contributed by atoms with Crippen molar-refractivity contribution in [3.8, 4) is 0 Å². The molecule has 0 fully saturated rings. The second-order valence-corrected chi connectivity index (χ2v) is 4.35. The molecule has 0 amide bonds. The van der Waals surface area contributed by atoms with E-state index in [1.54, 1.807) is 0 Å². The molecule has 4 heteroatoms. The number of unbranched alkanes of at least 4 members (excludes halogenated alkanes) is 2. The van der Waals surface area contributed by atoms with Crippen LogP contribution in [0.25, 0.3) is 0 Å². The van der Waals surface area contributed by atoms with E-state index in [1.807, 2.05) is 0 Å². The fraction of sp³-hybridized carbons (Fsp3) is 0.769. The predicted molar refractivity (Wildman–Crippen MR) is 75.9 cm³/mol. The summed E-state index contributed by atoms with van der Waals surface area (Å²) >= 11 is 0. The van der Waals surface area contributed by atoms with Crippen molar-refractivity contribution in [1.29, 1.82) is 0 Å². The zero-order valence-corrected chi connectivity index (χ0v) is 12.4. The van der Waals surface area contributed by atoms with Crippen LogP contribution in [0.4, 0.5) is 0 Å². The third kappa shape index (κ3) is 4.68. The summed E-state index contributed by atoms with van der Waals surface area (Å²) in [7, 11) is 0. The minimum Gasteiger partial charge on any atom is -0.313 e. The summed E-state index contributed by atoms with van der Waals surface area (Å²) < 4.78 is 2.08. The first-order valence-corrected chi connectivity index (χ1v) is 6.44. The molecule has 0 radical (unpaired) electrons. The van der Waals surface area contributed by atoms with E-state index < -0.39 is 0 Å². The fourth-order valence-corrected chi connectivity index (χ4v) is 2.01. The smallest absolute Gasteiger partial charge is 0.0641 e. The van der Waals surface area contributed by atoms with Crippen LogP contribution in [0, 0.1) is 13.8 Å². The van der Waals surface area contributed by atoms with Crippen LogP contribution in [0.1, 0.15) is 50.1 Å². The molecule has 3 nitrogen and oxygen atoms in total. The van der Waals surface area contributed by atoms with E-state index in [2.05, 4.69) is 42.8 Å². The van der Waals surface area contributed by atoms with Gasteiger partial charge in [0.15, 0.2) is 0 Å². The maximum absolute atomic E-state index is 4.52. The normalized spacial score (nSPS) is 10.4. The lowest BCUT2D eigenvalue weighted by Gasteiger charge is -2.05. The highest BCUT2D eigenvalue weighted by atomic mass is 35.5. The molecule has 17 heavy (non-hydrogen) atoms. The van der Waals surface area contributed by atoms with Crippen molar-refractivity contribution in [3.63, 3.8) is 0 Å². The van der Waals surface area contributed by atoms with Gasteiger partial charge in [0.1, 0.15) is 0 Å². The van der Waals surface area contributed by atoms with Crippen LogP contribution in [-0.2, 0) is 13.1 Å². The van der Waals surface area contributed by atoms with Gasteiger partial charge in [-0.2, -0.15) is 5.10 Å². The third-order valence-electron chi connectivity index (χ3n) is 3.09. The SMILES string of the molecule is CCCCCNCc1c(C)nn(CC)c1C.Cl. The van der Waals surface area contributed by atoms with Crippen LogP contribution < -0.4 is 5.32 Å².